The highest BCUT2D eigenvalue weighted by atomic mass is 16.5. The Bertz CT molecular complexity index is 257. The zero-order valence-electron chi connectivity index (χ0n) is 8.38. The van der Waals surface area contributed by atoms with Crippen LogP contribution in [0.25, 0.3) is 0 Å². The fourth-order valence-electron chi connectivity index (χ4n) is 1.16. The van der Waals surface area contributed by atoms with Crippen LogP contribution in [0.4, 0.5) is 0 Å². The van der Waals surface area contributed by atoms with E-state index < -0.39 is 0 Å². The molecule has 1 amide bonds. The molecule has 0 aliphatic carbocycles. The lowest BCUT2D eigenvalue weighted by molar-refractivity contribution is -0.120. The van der Waals surface area contributed by atoms with Gasteiger partial charge in [-0.1, -0.05) is 0 Å². The number of H-pyrrole nitrogens is 1. The number of carbonyl (C=O) groups is 1. The molecular formula is C10H16N2O2. The van der Waals surface area contributed by atoms with Crippen molar-refractivity contribution in [2.75, 3.05) is 20.3 Å². The Morgan fingerprint density at radius 1 is 1.64 bits per heavy atom. The maximum atomic E-state index is 11.3. The summed E-state index contributed by atoms with van der Waals surface area (Å²) >= 11 is 0. The van der Waals surface area contributed by atoms with E-state index in [-0.39, 0.29) is 5.91 Å². The number of hydrogen-bond donors (Lipinski definition) is 2. The molecule has 0 aliphatic heterocycles. The van der Waals surface area contributed by atoms with Crippen LogP contribution < -0.4 is 5.32 Å². The highest BCUT2D eigenvalue weighted by Crippen LogP contribution is 1.94. The van der Waals surface area contributed by atoms with Gasteiger partial charge in [-0.15, -0.1) is 0 Å². The molecule has 0 radical (unpaired) electrons. The average Bonchev–Trinajstić information content (AvgIpc) is 2.65. The molecule has 4 heteroatoms. The minimum atomic E-state index is 0.0450. The van der Waals surface area contributed by atoms with E-state index in [9.17, 15) is 4.79 Å². The third-order valence-electron chi connectivity index (χ3n) is 1.86. The Labute approximate surface area is 83.7 Å². The van der Waals surface area contributed by atoms with Gasteiger partial charge in [0.1, 0.15) is 0 Å². The van der Waals surface area contributed by atoms with E-state index in [1.54, 1.807) is 7.11 Å². The van der Waals surface area contributed by atoms with E-state index in [0.717, 1.165) is 12.1 Å². The molecule has 0 unspecified atom stereocenters. The normalized spacial score (nSPS) is 10.1. The lowest BCUT2D eigenvalue weighted by atomic mass is 10.3. The van der Waals surface area contributed by atoms with Gasteiger partial charge in [0.2, 0.25) is 5.91 Å². The fraction of sp³-hybridized carbons (Fsp3) is 0.500. The molecule has 2 N–H and O–H groups in total. The molecule has 0 bridgehead atoms. The van der Waals surface area contributed by atoms with Crippen molar-refractivity contribution in [3.8, 4) is 0 Å². The molecule has 0 saturated carbocycles. The van der Waals surface area contributed by atoms with Crippen molar-refractivity contribution in [3.63, 3.8) is 0 Å². The van der Waals surface area contributed by atoms with E-state index in [0.29, 0.717) is 19.6 Å². The summed E-state index contributed by atoms with van der Waals surface area (Å²) in [6, 6.07) is 3.78. The summed E-state index contributed by atoms with van der Waals surface area (Å²) in [7, 11) is 1.65. The lowest BCUT2D eigenvalue weighted by Crippen LogP contribution is -2.26. The minimum absolute atomic E-state index is 0.0450. The molecule has 0 fully saturated rings. The number of aromatic amines is 1. The topological polar surface area (TPSA) is 54.1 Å². The van der Waals surface area contributed by atoms with Gasteiger partial charge in [-0.2, -0.15) is 0 Å². The van der Waals surface area contributed by atoms with Crippen molar-refractivity contribution < 1.29 is 9.53 Å². The molecule has 1 aromatic rings. The first kappa shape index (κ1) is 10.8. The van der Waals surface area contributed by atoms with Gasteiger partial charge in [-0.3, -0.25) is 4.79 Å². The monoisotopic (exact) mass is 196 g/mol. The van der Waals surface area contributed by atoms with Gasteiger partial charge in [0.15, 0.2) is 0 Å². The molecule has 1 aromatic heterocycles. The number of ether oxygens (including phenoxy) is 1. The number of amides is 1. The molecule has 0 aliphatic rings. The number of hydrogen-bond acceptors (Lipinski definition) is 2. The van der Waals surface area contributed by atoms with Crippen molar-refractivity contribution in [1.82, 2.24) is 10.3 Å². The molecule has 1 heterocycles. The van der Waals surface area contributed by atoms with Gasteiger partial charge in [-0.25, -0.2) is 0 Å². The zero-order valence-corrected chi connectivity index (χ0v) is 8.38. The van der Waals surface area contributed by atoms with E-state index in [1.165, 1.54) is 0 Å². The second-order valence-electron chi connectivity index (χ2n) is 3.07. The van der Waals surface area contributed by atoms with Crippen LogP contribution in [0, 0.1) is 0 Å². The van der Waals surface area contributed by atoms with Crippen molar-refractivity contribution in [1.29, 1.82) is 0 Å². The predicted molar refractivity (Wildman–Crippen MR) is 54.0 cm³/mol. The minimum Gasteiger partial charge on any atom is -0.385 e. The van der Waals surface area contributed by atoms with Crippen molar-refractivity contribution in [2.45, 2.75) is 12.8 Å². The summed E-state index contributed by atoms with van der Waals surface area (Å²) in [5, 5.41) is 2.82. The molecule has 0 spiro atoms. The Balaban J connectivity index is 2.11. The highest BCUT2D eigenvalue weighted by molar-refractivity contribution is 5.78. The van der Waals surface area contributed by atoms with Gasteiger partial charge in [0.05, 0.1) is 6.42 Å². The SMILES string of the molecule is COCCCNC(=O)Cc1ccc[nH]1. The summed E-state index contributed by atoms with van der Waals surface area (Å²) < 4.78 is 4.87. The summed E-state index contributed by atoms with van der Waals surface area (Å²) in [6.07, 6.45) is 3.08. The first-order valence-corrected chi connectivity index (χ1v) is 4.71. The molecule has 0 atom stereocenters. The van der Waals surface area contributed by atoms with Crippen LogP contribution in [-0.2, 0) is 16.0 Å². The van der Waals surface area contributed by atoms with Crippen molar-refractivity contribution >= 4 is 5.91 Å². The number of carbonyl (C=O) groups excluding carboxylic acids is 1. The Morgan fingerprint density at radius 3 is 3.14 bits per heavy atom. The average molecular weight is 196 g/mol. The van der Waals surface area contributed by atoms with Gasteiger partial charge in [-0.05, 0) is 18.6 Å². The molecule has 0 aromatic carbocycles. The number of rotatable bonds is 6. The summed E-state index contributed by atoms with van der Waals surface area (Å²) in [5.74, 6) is 0.0450. The smallest absolute Gasteiger partial charge is 0.225 e. The Hall–Kier alpha value is -1.29. The molecule has 0 saturated heterocycles. The Morgan fingerprint density at radius 2 is 2.50 bits per heavy atom. The molecular weight excluding hydrogens is 180 g/mol. The zero-order chi connectivity index (χ0) is 10.2. The maximum absolute atomic E-state index is 11.3. The van der Waals surface area contributed by atoms with Crippen LogP contribution in [0.2, 0.25) is 0 Å². The van der Waals surface area contributed by atoms with Crippen LogP contribution >= 0.6 is 0 Å². The van der Waals surface area contributed by atoms with Gasteiger partial charge >= 0.3 is 0 Å². The first-order valence-electron chi connectivity index (χ1n) is 4.71. The van der Waals surface area contributed by atoms with Gasteiger partial charge in [0, 0.05) is 32.2 Å². The van der Waals surface area contributed by atoms with Gasteiger partial charge < -0.3 is 15.0 Å². The van der Waals surface area contributed by atoms with Crippen LogP contribution in [0.3, 0.4) is 0 Å². The van der Waals surface area contributed by atoms with E-state index >= 15 is 0 Å². The second-order valence-corrected chi connectivity index (χ2v) is 3.07. The summed E-state index contributed by atoms with van der Waals surface area (Å²) in [5.41, 5.74) is 0.939. The highest BCUT2D eigenvalue weighted by Gasteiger charge is 2.01. The van der Waals surface area contributed by atoms with Crippen LogP contribution in [0.1, 0.15) is 12.1 Å². The molecule has 1 rings (SSSR count). The summed E-state index contributed by atoms with van der Waals surface area (Å²) in [6.45, 7) is 1.36. The van der Waals surface area contributed by atoms with Gasteiger partial charge in [0.25, 0.3) is 0 Å². The fourth-order valence-corrected chi connectivity index (χ4v) is 1.16. The maximum Gasteiger partial charge on any atom is 0.225 e. The molecule has 4 nitrogen and oxygen atoms in total. The molecule has 78 valence electrons. The second kappa shape index (κ2) is 6.21. The standard InChI is InChI=1S/C10H16N2O2/c1-14-7-3-6-12-10(13)8-9-4-2-5-11-9/h2,4-5,11H,3,6-8H2,1H3,(H,12,13). The third-order valence-corrected chi connectivity index (χ3v) is 1.86. The summed E-state index contributed by atoms with van der Waals surface area (Å²) in [4.78, 5) is 14.3. The first-order chi connectivity index (χ1) is 6.83. The van der Waals surface area contributed by atoms with E-state index in [1.807, 2.05) is 18.3 Å². The number of methoxy groups -OCH3 is 1. The molecule has 14 heavy (non-hydrogen) atoms. The van der Waals surface area contributed by atoms with Crippen molar-refractivity contribution in [3.05, 3.63) is 24.0 Å². The largest absolute Gasteiger partial charge is 0.385 e. The lowest BCUT2D eigenvalue weighted by Gasteiger charge is -2.03. The number of aromatic nitrogens is 1. The van der Waals surface area contributed by atoms with Crippen molar-refractivity contribution in [2.24, 2.45) is 0 Å². The van der Waals surface area contributed by atoms with E-state index in [4.69, 9.17) is 4.74 Å². The van der Waals surface area contributed by atoms with E-state index in [2.05, 4.69) is 10.3 Å². The quantitative estimate of drug-likeness (QED) is 0.658. The van der Waals surface area contributed by atoms with Crippen LogP contribution in [-0.4, -0.2) is 31.2 Å². The van der Waals surface area contributed by atoms with Crippen LogP contribution in [0.5, 0.6) is 0 Å². The third kappa shape index (κ3) is 4.09. The Kier molecular flexibility index (Phi) is 4.78. The predicted octanol–water partition coefficient (Wildman–Crippen LogP) is 0.710. The van der Waals surface area contributed by atoms with Crippen LogP contribution in [0.15, 0.2) is 18.3 Å². The number of nitrogens with one attached hydrogen (secondary N) is 2.